The van der Waals surface area contributed by atoms with E-state index in [9.17, 15) is 4.79 Å². The maximum Gasteiger partial charge on any atom is 0.249 e. The van der Waals surface area contributed by atoms with Crippen molar-refractivity contribution in [3.8, 4) is 0 Å². The summed E-state index contributed by atoms with van der Waals surface area (Å²) in [6.07, 6.45) is 1.70. The molecule has 0 aromatic heterocycles. The Morgan fingerprint density at radius 2 is 2.31 bits per heavy atom. The molecule has 0 bridgehead atoms. The molecule has 1 unspecified atom stereocenters. The molecule has 1 atom stereocenters. The third kappa shape index (κ3) is 2.23. The zero-order valence-electron chi connectivity index (χ0n) is 9.35. The summed E-state index contributed by atoms with van der Waals surface area (Å²) in [6, 6.07) is 7.73. The molecule has 1 amide bonds. The number of hydrogen-bond donors (Lipinski definition) is 1. The molecule has 16 heavy (non-hydrogen) atoms. The van der Waals surface area contributed by atoms with Crippen molar-refractivity contribution >= 4 is 17.9 Å². The fourth-order valence-corrected chi connectivity index (χ4v) is 2.83. The van der Waals surface area contributed by atoms with E-state index in [1.165, 1.54) is 22.4 Å². The average molecular weight is 236 g/mol. The van der Waals surface area contributed by atoms with E-state index < -0.39 is 0 Å². The van der Waals surface area contributed by atoms with E-state index in [2.05, 4.69) is 6.07 Å². The number of nitrogens with two attached hydrogens (primary N) is 1. The highest BCUT2D eigenvalue weighted by Crippen LogP contribution is 2.35. The second-order valence-corrected chi connectivity index (χ2v) is 5.03. The summed E-state index contributed by atoms with van der Waals surface area (Å²) < 4.78 is 1.77. The molecule has 1 aromatic rings. The molecule has 3 nitrogen and oxygen atoms in total. The molecule has 1 heterocycles. The lowest BCUT2D eigenvalue weighted by Crippen LogP contribution is -2.38. The highest BCUT2D eigenvalue weighted by molar-refractivity contribution is 7.97. The number of carbonyl (C=O) groups excluding carboxylic acids is 1. The largest absolute Gasteiger partial charge is 0.320 e. The summed E-state index contributed by atoms with van der Waals surface area (Å²) >= 11 is 1.50. The van der Waals surface area contributed by atoms with E-state index in [-0.39, 0.29) is 11.9 Å². The van der Waals surface area contributed by atoms with Gasteiger partial charge < -0.3 is 5.73 Å². The summed E-state index contributed by atoms with van der Waals surface area (Å²) in [5.74, 6) is 0.0445. The van der Waals surface area contributed by atoms with Gasteiger partial charge in [-0.2, -0.15) is 0 Å². The van der Waals surface area contributed by atoms with Gasteiger partial charge in [-0.25, -0.2) is 0 Å². The van der Waals surface area contributed by atoms with E-state index in [1.807, 2.05) is 25.1 Å². The van der Waals surface area contributed by atoms with Gasteiger partial charge in [0.1, 0.15) is 0 Å². The molecule has 2 N–H and O–H groups in total. The van der Waals surface area contributed by atoms with Crippen molar-refractivity contribution in [1.82, 2.24) is 4.31 Å². The maximum absolute atomic E-state index is 12.0. The fraction of sp³-hybridized carbons (Fsp3) is 0.417. The molecule has 0 radical (unpaired) electrons. The van der Waals surface area contributed by atoms with Crippen LogP contribution in [-0.4, -0.2) is 16.3 Å². The Labute approximate surface area is 100 Å². The highest BCUT2D eigenvalue weighted by Gasteiger charge is 2.27. The van der Waals surface area contributed by atoms with Crippen LogP contribution in [0.4, 0.5) is 0 Å². The SMILES string of the molecule is CCCC(N)C(=O)N1Cc2ccccc2S1. The molecule has 0 aliphatic carbocycles. The van der Waals surface area contributed by atoms with Gasteiger partial charge in [0.2, 0.25) is 5.91 Å². The molecule has 1 aliphatic rings. The first kappa shape index (κ1) is 11.5. The number of nitrogens with zero attached hydrogens (tertiary/aromatic N) is 1. The minimum atomic E-state index is -0.355. The summed E-state index contributed by atoms with van der Waals surface area (Å²) in [7, 11) is 0. The molecule has 0 spiro atoms. The predicted molar refractivity (Wildman–Crippen MR) is 65.7 cm³/mol. The van der Waals surface area contributed by atoms with E-state index in [0.29, 0.717) is 6.54 Å². The molecule has 1 aliphatic heterocycles. The molecule has 0 fully saturated rings. The number of fused-ring (bicyclic) bond motifs is 1. The zero-order valence-corrected chi connectivity index (χ0v) is 10.2. The maximum atomic E-state index is 12.0. The van der Waals surface area contributed by atoms with Crippen LogP contribution >= 0.6 is 11.9 Å². The van der Waals surface area contributed by atoms with Gasteiger partial charge in [0.25, 0.3) is 0 Å². The molecule has 1 aromatic carbocycles. The number of carbonyl (C=O) groups is 1. The zero-order chi connectivity index (χ0) is 11.5. The minimum absolute atomic E-state index is 0.0445. The Morgan fingerprint density at radius 1 is 1.56 bits per heavy atom. The number of rotatable bonds is 3. The Morgan fingerprint density at radius 3 is 3.00 bits per heavy atom. The third-order valence-corrected chi connectivity index (χ3v) is 3.78. The first-order valence-electron chi connectivity index (χ1n) is 5.55. The molecule has 0 saturated heterocycles. The standard InChI is InChI=1S/C12H16N2OS/c1-2-5-10(13)12(15)14-8-9-6-3-4-7-11(9)16-14/h3-4,6-7,10H,2,5,8,13H2,1H3. The summed E-state index contributed by atoms with van der Waals surface area (Å²) in [5.41, 5.74) is 7.05. The Hall–Kier alpha value is -1.00. The van der Waals surface area contributed by atoms with Gasteiger partial charge in [-0.15, -0.1) is 0 Å². The molecular weight excluding hydrogens is 220 g/mol. The van der Waals surface area contributed by atoms with Gasteiger partial charge in [0, 0.05) is 4.90 Å². The van der Waals surface area contributed by atoms with E-state index in [1.54, 1.807) is 4.31 Å². The Kier molecular flexibility index (Phi) is 3.51. The van der Waals surface area contributed by atoms with Crippen molar-refractivity contribution in [1.29, 1.82) is 0 Å². The van der Waals surface area contributed by atoms with Crippen LogP contribution in [0.15, 0.2) is 29.2 Å². The summed E-state index contributed by atoms with van der Waals surface area (Å²) in [5, 5.41) is 0. The Balaban J connectivity index is 2.03. The van der Waals surface area contributed by atoms with Gasteiger partial charge in [0.05, 0.1) is 12.6 Å². The van der Waals surface area contributed by atoms with Crippen molar-refractivity contribution in [3.63, 3.8) is 0 Å². The monoisotopic (exact) mass is 236 g/mol. The van der Waals surface area contributed by atoms with Crippen LogP contribution in [0.5, 0.6) is 0 Å². The van der Waals surface area contributed by atoms with Crippen LogP contribution in [0, 0.1) is 0 Å². The van der Waals surface area contributed by atoms with Gasteiger partial charge in [-0.05, 0) is 30.0 Å². The van der Waals surface area contributed by atoms with Crippen molar-refractivity contribution in [2.75, 3.05) is 0 Å². The van der Waals surface area contributed by atoms with Crippen LogP contribution < -0.4 is 5.73 Å². The topological polar surface area (TPSA) is 46.3 Å². The molecular formula is C12H16N2OS. The minimum Gasteiger partial charge on any atom is -0.320 e. The van der Waals surface area contributed by atoms with Crippen molar-refractivity contribution in [2.24, 2.45) is 5.73 Å². The van der Waals surface area contributed by atoms with Crippen LogP contribution in [0.2, 0.25) is 0 Å². The second-order valence-electron chi connectivity index (χ2n) is 3.97. The summed E-state index contributed by atoms with van der Waals surface area (Å²) in [4.78, 5) is 13.2. The first-order valence-corrected chi connectivity index (χ1v) is 6.32. The van der Waals surface area contributed by atoms with Gasteiger partial charge in [0.15, 0.2) is 0 Å². The Bertz CT molecular complexity index is 369. The lowest BCUT2D eigenvalue weighted by Gasteiger charge is -2.18. The van der Waals surface area contributed by atoms with E-state index in [0.717, 1.165) is 12.8 Å². The van der Waals surface area contributed by atoms with Crippen LogP contribution in [0.1, 0.15) is 25.3 Å². The lowest BCUT2D eigenvalue weighted by atomic mass is 10.1. The van der Waals surface area contributed by atoms with E-state index in [4.69, 9.17) is 5.73 Å². The first-order chi connectivity index (χ1) is 7.72. The van der Waals surface area contributed by atoms with Gasteiger partial charge in [-0.3, -0.25) is 9.10 Å². The number of amides is 1. The fourth-order valence-electron chi connectivity index (χ4n) is 1.77. The summed E-state index contributed by atoms with van der Waals surface area (Å²) in [6.45, 7) is 2.72. The van der Waals surface area contributed by atoms with Crippen LogP contribution in [0.25, 0.3) is 0 Å². The van der Waals surface area contributed by atoms with Crippen molar-refractivity contribution in [3.05, 3.63) is 29.8 Å². The van der Waals surface area contributed by atoms with Crippen LogP contribution in [0.3, 0.4) is 0 Å². The molecule has 2 rings (SSSR count). The van der Waals surface area contributed by atoms with Crippen LogP contribution in [-0.2, 0) is 11.3 Å². The molecule has 0 saturated carbocycles. The predicted octanol–water partition coefficient (Wildman–Crippen LogP) is 2.16. The average Bonchev–Trinajstić information content (AvgIpc) is 2.71. The lowest BCUT2D eigenvalue weighted by molar-refractivity contribution is -0.127. The van der Waals surface area contributed by atoms with Gasteiger partial charge >= 0.3 is 0 Å². The third-order valence-electron chi connectivity index (χ3n) is 2.66. The van der Waals surface area contributed by atoms with E-state index >= 15 is 0 Å². The normalized spacial score (nSPS) is 16.0. The van der Waals surface area contributed by atoms with Gasteiger partial charge in [-0.1, -0.05) is 31.5 Å². The highest BCUT2D eigenvalue weighted by atomic mass is 32.2. The molecule has 86 valence electrons. The number of hydrogen-bond acceptors (Lipinski definition) is 3. The van der Waals surface area contributed by atoms with Crippen molar-refractivity contribution < 1.29 is 4.79 Å². The number of benzene rings is 1. The second kappa shape index (κ2) is 4.89. The smallest absolute Gasteiger partial charge is 0.249 e. The van der Waals surface area contributed by atoms with Crippen molar-refractivity contribution in [2.45, 2.75) is 37.2 Å². The quantitative estimate of drug-likeness (QED) is 0.818. The molecule has 4 heteroatoms.